The van der Waals surface area contributed by atoms with E-state index in [1.165, 1.54) is 6.17 Å². The van der Waals surface area contributed by atoms with Gasteiger partial charge < -0.3 is 4.74 Å². The first-order valence-corrected chi connectivity index (χ1v) is 8.95. The smallest absolute Gasteiger partial charge is 0.0674 e. The molecule has 1 aliphatic heterocycles. The Bertz CT molecular complexity index is 167. The fourth-order valence-electron chi connectivity index (χ4n) is 1.80. The van der Waals surface area contributed by atoms with Crippen molar-refractivity contribution in [3.05, 3.63) is 0 Å². The molecule has 0 aromatic rings. The first-order chi connectivity index (χ1) is 5.88. The number of morpholine rings is 1. The predicted molar refractivity (Wildman–Crippen MR) is 59.8 cm³/mol. The Kier molecular flexibility index (Phi) is 3.55. The lowest BCUT2D eigenvalue weighted by atomic mass is 10.2. The van der Waals surface area contributed by atoms with E-state index in [1.807, 2.05) is 0 Å². The van der Waals surface area contributed by atoms with E-state index in [9.17, 15) is 0 Å². The molecular weight excluding hydrogens is 178 g/mol. The van der Waals surface area contributed by atoms with E-state index in [-0.39, 0.29) is 0 Å². The Balaban J connectivity index is 2.47. The van der Waals surface area contributed by atoms with Crippen molar-refractivity contribution in [3.8, 4) is 0 Å². The van der Waals surface area contributed by atoms with Crippen LogP contribution in [-0.4, -0.2) is 44.4 Å². The van der Waals surface area contributed by atoms with Crippen molar-refractivity contribution < 1.29 is 4.74 Å². The van der Waals surface area contributed by atoms with Gasteiger partial charge in [0.2, 0.25) is 0 Å². The fourth-order valence-corrected chi connectivity index (χ4v) is 3.46. The molecule has 0 saturated carbocycles. The van der Waals surface area contributed by atoms with Crippen molar-refractivity contribution >= 4 is 8.07 Å². The standard InChI is InChI=1S/C10H23NOSi/c1-9-7-12-10(2)6-11(9)8-13(3,4)5/h9-10H,6-8H2,1-5H3. The summed E-state index contributed by atoms with van der Waals surface area (Å²) in [5.74, 6) is 0. The molecule has 0 aliphatic carbocycles. The zero-order chi connectivity index (χ0) is 10.1. The lowest BCUT2D eigenvalue weighted by molar-refractivity contribution is -0.0429. The van der Waals surface area contributed by atoms with Crippen molar-refractivity contribution in [1.82, 2.24) is 4.90 Å². The zero-order valence-corrected chi connectivity index (χ0v) is 10.6. The molecule has 2 atom stereocenters. The first kappa shape index (κ1) is 11.2. The zero-order valence-electron chi connectivity index (χ0n) is 9.63. The molecule has 1 rings (SSSR count). The topological polar surface area (TPSA) is 12.5 Å². The summed E-state index contributed by atoms with van der Waals surface area (Å²) in [6.07, 6.45) is 1.73. The summed E-state index contributed by atoms with van der Waals surface area (Å²) in [6.45, 7) is 13.8. The average Bonchev–Trinajstić information content (AvgIpc) is 1.94. The van der Waals surface area contributed by atoms with Gasteiger partial charge in [-0.05, 0) is 20.0 Å². The van der Waals surface area contributed by atoms with E-state index in [2.05, 4.69) is 38.4 Å². The minimum atomic E-state index is -0.946. The Morgan fingerprint density at radius 2 is 1.92 bits per heavy atom. The van der Waals surface area contributed by atoms with Crippen LogP contribution in [0.1, 0.15) is 13.8 Å². The van der Waals surface area contributed by atoms with Crippen LogP contribution in [-0.2, 0) is 4.74 Å². The molecule has 78 valence electrons. The number of rotatable bonds is 2. The van der Waals surface area contributed by atoms with Crippen LogP contribution in [0.15, 0.2) is 0 Å². The third-order valence-corrected chi connectivity index (χ3v) is 3.77. The Morgan fingerprint density at radius 3 is 2.46 bits per heavy atom. The second kappa shape index (κ2) is 4.11. The molecule has 0 radical (unpaired) electrons. The lowest BCUT2D eigenvalue weighted by Gasteiger charge is -2.39. The molecule has 13 heavy (non-hydrogen) atoms. The largest absolute Gasteiger partial charge is 0.376 e. The van der Waals surface area contributed by atoms with Gasteiger partial charge in [0.1, 0.15) is 0 Å². The molecule has 2 nitrogen and oxygen atoms in total. The molecule has 3 heteroatoms. The molecular formula is C10H23NOSi. The lowest BCUT2D eigenvalue weighted by Crippen LogP contribution is -2.52. The van der Waals surface area contributed by atoms with E-state index >= 15 is 0 Å². The van der Waals surface area contributed by atoms with Gasteiger partial charge in [-0.25, -0.2) is 0 Å². The van der Waals surface area contributed by atoms with Gasteiger partial charge in [0.25, 0.3) is 0 Å². The van der Waals surface area contributed by atoms with Crippen molar-refractivity contribution in [2.24, 2.45) is 0 Å². The number of hydrogen-bond donors (Lipinski definition) is 0. The minimum absolute atomic E-state index is 0.424. The third kappa shape index (κ3) is 3.79. The monoisotopic (exact) mass is 201 g/mol. The highest BCUT2D eigenvalue weighted by Crippen LogP contribution is 2.14. The normalized spacial score (nSPS) is 32.1. The van der Waals surface area contributed by atoms with Crippen LogP contribution in [0.4, 0.5) is 0 Å². The highest BCUT2D eigenvalue weighted by atomic mass is 28.3. The summed E-state index contributed by atoms with van der Waals surface area (Å²) in [7, 11) is -0.946. The molecule has 0 spiro atoms. The first-order valence-electron chi connectivity index (χ1n) is 5.24. The number of nitrogens with zero attached hydrogens (tertiary/aromatic N) is 1. The Morgan fingerprint density at radius 1 is 1.31 bits per heavy atom. The van der Waals surface area contributed by atoms with Crippen LogP contribution in [0, 0.1) is 0 Å². The molecule has 0 bridgehead atoms. The van der Waals surface area contributed by atoms with Crippen LogP contribution in [0.2, 0.25) is 19.6 Å². The predicted octanol–water partition coefficient (Wildman–Crippen LogP) is 1.97. The average molecular weight is 201 g/mol. The highest BCUT2D eigenvalue weighted by molar-refractivity contribution is 6.76. The van der Waals surface area contributed by atoms with Crippen LogP contribution in [0.3, 0.4) is 0 Å². The van der Waals surface area contributed by atoms with Crippen molar-refractivity contribution in [1.29, 1.82) is 0 Å². The summed E-state index contributed by atoms with van der Waals surface area (Å²) < 4.78 is 5.61. The van der Waals surface area contributed by atoms with Gasteiger partial charge in [-0.15, -0.1) is 0 Å². The van der Waals surface area contributed by atoms with Crippen LogP contribution in [0.25, 0.3) is 0 Å². The second-order valence-corrected chi connectivity index (χ2v) is 10.9. The summed E-state index contributed by atoms with van der Waals surface area (Å²) >= 11 is 0. The van der Waals surface area contributed by atoms with Crippen LogP contribution >= 0.6 is 0 Å². The van der Waals surface area contributed by atoms with E-state index < -0.39 is 8.07 Å². The van der Waals surface area contributed by atoms with Gasteiger partial charge in [0.05, 0.1) is 20.8 Å². The van der Waals surface area contributed by atoms with E-state index in [0.29, 0.717) is 12.1 Å². The molecule has 1 saturated heterocycles. The minimum Gasteiger partial charge on any atom is -0.376 e. The summed E-state index contributed by atoms with van der Waals surface area (Å²) in [4.78, 5) is 2.60. The molecule has 0 N–H and O–H groups in total. The van der Waals surface area contributed by atoms with Gasteiger partial charge in [-0.3, -0.25) is 4.90 Å². The Labute approximate surface area is 83.3 Å². The molecule has 1 heterocycles. The van der Waals surface area contributed by atoms with Crippen molar-refractivity contribution in [2.75, 3.05) is 19.3 Å². The maximum absolute atomic E-state index is 5.61. The molecule has 1 fully saturated rings. The molecule has 2 unspecified atom stereocenters. The van der Waals surface area contributed by atoms with Crippen LogP contribution < -0.4 is 0 Å². The third-order valence-electron chi connectivity index (χ3n) is 2.41. The van der Waals surface area contributed by atoms with Gasteiger partial charge in [-0.1, -0.05) is 19.6 Å². The summed E-state index contributed by atoms with van der Waals surface area (Å²) in [6, 6.07) is 0.614. The molecule has 0 amide bonds. The number of ether oxygens (including phenoxy) is 1. The van der Waals surface area contributed by atoms with Crippen molar-refractivity contribution in [2.45, 2.75) is 45.6 Å². The maximum Gasteiger partial charge on any atom is 0.0674 e. The SMILES string of the molecule is CC1CN(C[Si](C)(C)C)C(C)CO1. The molecule has 0 aromatic carbocycles. The summed E-state index contributed by atoms with van der Waals surface area (Å²) in [5, 5.41) is 0. The number of hydrogen-bond acceptors (Lipinski definition) is 2. The van der Waals surface area contributed by atoms with Gasteiger partial charge in [0, 0.05) is 12.6 Å². The second-order valence-electron chi connectivity index (χ2n) is 5.48. The maximum atomic E-state index is 5.61. The van der Waals surface area contributed by atoms with E-state index in [0.717, 1.165) is 13.2 Å². The van der Waals surface area contributed by atoms with Crippen LogP contribution in [0.5, 0.6) is 0 Å². The van der Waals surface area contributed by atoms with E-state index in [4.69, 9.17) is 4.74 Å². The fraction of sp³-hybridized carbons (Fsp3) is 1.00. The summed E-state index contributed by atoms with van der Waals surface area (Å²) in [5.41, 5.74) is 0. The van der Waals surface area contributed by atoms with Crippen molar-refractivity contribution in [3.63, 3.8) is 0 Å². The molecule has 0 aromatic heterocycles. The van der Waals surface area contributed by atoms with Gasteiger partial charge in [-0.2, -0.15) is 0 Å². The quantitative estimate of drug-likeness (QED) is 0.633. The molecule has 1 aliphatic rings. The van der Waals surface area contributed by atoms with E-state index in [1.54, 1.807) is 0 Å². The van der Waals surface area contributed by atoms with Gasteiger partial charge >= 0.3 is 0 Å². The Hall–Kier alpha value is 0.137. The van der Waals surface area contributed by atoms with Gasteiger partial charge in [0.15, 0.2) is 0 Å². The highest BCUT2D eigenvalue weighted by Gasteiger charge is 2.27.